The maximum Gasteiger partial charge on any atom is 0.191 e. The van der Waals surface area contributed by atoms with E-state index in [4.69, 9.17) is 4.74 Å². The van der Waals surface area contributed by atoms with Gasteiger partial charge in [0.2, 0.25) is 0 Å². The summed E-state index contributed by atoms with van der Waals surface area (Å²) >= 11 is 1.74. The Labute approximate surface area is 113 Å². The van der Waals surface area contributed by atoms with Crippen LogP contribution in [0.4, 0.5) is 0 Å². The fourth-order valence-electron chi connectivity index (χ4n) is 1.39. The largest absolute Gasteiger partial charge is 0.380 e. The standard InChI is InChI=1S/C13H23N3OS/c1-3-4-8-17-9-7-15-13(14-2)16-11-12-6-5-10-18-12/h5-6,10H,3-4,7-9,11H2,1-2H3,(H2,14,15,16). The summed E-state index contributed by atoms with van der Waals surface area (Å²) in [6.07, 6.45) is 2.31. The van der Waals surface area contributed by atoms with Gasteiger partial charge in [0.15, 0.2) is 5.96 Å². The lowest BCUT2D eigenvalue weighted by Gasteiger charge is -2.11. The number of hydrogen-bond acceptors (Lipinski definition) is 3. The SMILES string of the molecule is CCCCOCCNC(=NC)NCc1cccs1. The van der Waals surface area contributed by atoms with Gasteiger partial charge in [0.05, 0.1) is 13.2 Å². The van der Waals surface area contributed by atoms with Crippen LogP contribution in [0, 0.1) is 0 Å². The summed E-state index contributed by atoms with van der Waals surface area (Å²) in [7, 11) is 1.78. The van der Waals surface area contributed by atoms with Crippen molar-refractivity contribution in [3.8, 4) is 0 Å². The third-order valence-corrected chi connectivity index (χ3v) is 3.29. The highest BCUT2D eigenvalue weighted by atomic mass is 32.1. The third-order valence-electron chi connectivity index (χ3n) is 2.41. The lowest BCUT2D eigenvalue weighted by atomic mass is 10.4. The normalized spacial score (nSPS) is 11.6. The number of thiophene rings is 1. The van der Waals surface area contributed by atoms with Crippen LogP contribution in [-0.2, 0) is 11.3 Å². The highest BCUT2D eigenvalue weighted by molar-refractivity contribution is 7.09. The first-order chi connectivity index (χ1) is 8.86. The van der Waals surface area contributed by atoms with Gasteiger partial charge in [0.1, 0.15) is 0 Å². The Balaban J connectivity index is 2.07. The highest BCUT2D eigenvalue weighted by Crippen LogP contribution is 2.06. The minimum absolute atomic E-state index is 0.722. The molecule has 0 radical (unpaired) electrons. The summed E-state index contributed by atoms with van der Waals surface area (Å²) in [5.74, 6) is 0.822. The smallest absolute Gasteiger partial charge is 0.191 e. The van der Waals surface area contributed by atoms with Crippen LogP contribution in [0.5, 0.6) is 0 Å². The molecule has 0 aliphatic carbocycles. The van der Waals surface area contributed by atoms with Gasteiger partial charge in [-0.05, 0) is 17.9 Å². The molecule has 5 heteroatoms. The van der Waals surface area contributed by atoms with Crippen LogP contribution < -0.4 is 10.6 Å². The average Bonchev–Trinajstić information content (AvgIpc) is 2.90. The van der Waals surface area contributed by atoms with Gasteiger partial charge in [-0.25, -0.2) is 0 Å². The van der Waals surface area contributed by atoms with E-state index in [0.717, 1.165) is 38.7 Å². The summed E-state index contributed by atoms with van der Waals surface area (Å²) in [6.45, 7) is 5.33. The van der Waals surface area contributed by atoms with Gasteiger partial charge in [0.25, 0.3) is 0 Å². The monoisotopic (exact) mass is 269 g/mol. The van der Waals surface area contributed by atoms with Crippen LogP contribution in [0.2, 0.25) is 0 Å². The van der Waals surface area contributed by atoms with Crippen LogP contribution in [-0.4, -0.2) is 32.8 Å². The molecule has 0 amide bonds. The van der Waals surface area contributed by atoms with Gasteiger partial charge >= 0.3 is 0 Å². The Morgan fingerprint density at radius 3 is 2.94 bits per heavy atom. The van der Waals surface area contributed by atoms with Gasteiger partial charge in [-0.1, -0.05) is 19.4 Å². The molecule has 1 aromatic heterocycles. The molecule has 0 spiro atoms. The topological polar surface area (TPSA) is 45.6 Å². The van der Waals surface area contributed by atoms with Crippen molar-refractivity contribution < 1.29 is 4.74 Å². The Morgan fingerprint density at radius 2 is 2.28 bits per heavy atom. The van der Waals surface area contributed by atoms with Crippen LogP contribution in [0.15, 0.2) is 22.5 Å². The van der Waals surface area contributed by atoms with E-state index < -0.39 is 0 Å². The molecule has 0 aliphatic heterocycles. The van der Waals surface area contributed by atoms with Crippen LogP contribution in [0.3, 0.4) is 0 Å². The molecule has 0 fully saturated rings. The lowest BCUT2D eigenvalue weighted by molar-refractivity contribution is 0.136. The maximum atomic E-state index is 5.48. The molecule has 1 heterocycles. The van der Waals surface area contributed by atoms with E-state index >= 15 is 0 Å². The average molecular weight is 269 g/mol. The Kier molecular flexibility index (Phi) is 8.25. The van der Waals surface area contributed by atoms with E-state index in [0.29, 0.717) is 0 Å². The van der Waals surface area contributed by atoms with Gasteiger partial charge in [-0.3, -0.25) is 4.99 Å². The van der Waals surface area contributed by atoms with E-state index in [1.807, 2.05) is 0 Å². The number of guanidine groups is 1. The van der Waals surface area contributed by atoms with Gasteiger partial charge in [-0.15, -0.1) is 11.3 Å². The van der Waals surface area contributed by atoms with Crippen molar-refractivity contribution >= 4 is 17.3 Å². The summed E-state index contributed by atoms with van der Waals surface area (Å²) < 4.78 is 5.48. The molecule has 0 aliphatic rings. The Hall–Kier alpha value is -1.07. The third kappa shape index (κ3) is 6.61. The zero-order chi connectivity index (χ0) is 13.1. The number of nitrogens with zero attached hydrogens (tertiary/aromatic N) is 1. The van der Waals surface area contributed by atoms with Crippen molar-refractivity contribution in [1.29, 1.82) is 0 Å². The first-order valence-electron chi connectivity index (χ1n) is 6.41. The van der Waals surface area contributed by atoms with E-state index in [2.05, 4.69) is 40.1 Å². The first-order valence-corrected chi connectivity index (χ1v) is 7.29. The predicted molar refractivity (Wildman–Crippen MR) is 78.2 cm³/mol. The summed E-state index contributed by atoms with van der Waals surface area (Å²) in [6, 6.07) is 4.16. The van der Waals surface area contributed by atoms with E-state index in [1.54, 1.807) is 18.4 Å². The number of hydrogen-bond donors (Lipinski definition) is 2. The van der Waals surface area contributed by atoms with Crippen molar-refractivity contribution in [3.63, 3.8) is 0 Å². The van der Waals surface area contributed by atoms with Gasteiger partial charge in [-0.2, -0.15) is 0 Å². The molecule has 0 atom stereocenters. The molecule has 102 valence electrons. The van der Waals surface area contributed by atoms with E-state index in [9.17, 15) is 0 Å². The summed E-state index contributed by atoms with van der Waals surface area (Å²) in [4.78, 5) is 5.47. The summed E-state index contributed by atoms with van der Waals surface area (Å²) in [5, 5.41) is 8.57. The van der Waals surface area contributed by atoms with Gasteiger partial charge < -0.3 is 15.4 Å². The number of rotatable bonds is 8. The van der Waals surface area contributed by atoms with Crippen molar-refractivity contribution in [2.24, 2.45) is 4.99 Å². The van der Waals surface area contributed by atoms with Gasteiger partial charge in [0, 0.05) is 25.1 Å². The number of nitrogens with one attached hydrogen (secondary N) is 2. The minimum Gasteiger partial charge on any atom is -0.380 e. The summed E-state index contributed by atoms with van der Waals surface area (Å²) in [5.41, 5.74) is 0. The fraction of sp³-hybridized carbons (Fsp3) is 0.615. The zero-order valence-electron chi connectivity index (χ0n) is 11.2. The van der Waals surface area contributed by atoms with Crippen LogP contribution in [0.25, 0.3) is 0 Å². The first kappa shape index (κ1) is 15.0. The number of unbranched alkanes of at least 4 members (excludes halogenated alkanes) is 1. The van der Waals surface area contributed by atoms with Crippen molar-refractivity contribution in [2.75, 3.05) is 26.8 Å². The van der Waals surface area contributed by atoms with E-state index in [1.165, 1.54) is 11.3 Å². The van der Waals surface area contributed by atoms with Crippen molar-refractivity contribution in [1.82, 2.24) is 10.6 Å². The molecule has 0 saturated heterocycles. The Bertz CT molecular complexity index is 325. The highest BCUT2D eigenvalue weighted by Gasteiger charge is 1.98. The molecular formula is C13H23N3OS. The molecule has 0 aromatic carbocycles. The second kappa shape index (κ2) is 9.91. The molecule has 4 nitrogen and oxygen atoms in total. The molecular weight excluding hydrogens is 246 g/mol. The van der Waals surface area contributed by atoms with E-state index in [-0.39, 0.29) is 0 Å². The molecule has 0 bridgehead atoms. The zero-order valence-corrected chi connectivity index (χ0v) is 12.1. The minimum atomic E-state index is 0.722. The quantitative estimate of drug-likeness (QED) is 0.432. The van der Waals surface area contributed by atoms with Crippen LogP contribution >= 0.6 is 11.3 Å². The maximum absolute atomic E-state index is 5.48. The fourth-order valence-corrected chi connectivity index (χ4v) is 2.04. The van der Waals surface area contributed by atoms with Crippen molar-refractivity contribution in [2.45, 2.75) is 26.3 Å². The molecule has 1 aromatic rings. The molecule has 0 unspecified atom stereocenters. The second-order valence-corrected chi connectivity index (χ2v) is 4.93. The van der Waals surface area contributed by atoms with Crippen molar-refractivity contribution in [3.05, 3.63) is 22.4 Å². The molecule has 2 N–H and O–H groups in total. The second-order valence-electron chi connectivity index (χ2n) is 3.90. The Morgan fingerprint density at radius 1 is 1.39 bits per heavy atom. The van der Waals surface area contributed by atoms with Crippen LogP contribution in [0.1, 0.15) is 24.6 Å². The molecule has 0 saturated carbocycles. The predicted octanol–water partition coefficient (Wildman–Crippen LogP) is 2.23. The number of ether oxygens (including phenoxy) is 1. The number of aliphatic imine (C=N–C) groups is 1. The molecule has 1 rings (SSSR count). The lowest BCUT2D eigenvalue weighted by Crippen LogP contribution is -2.38. The molecule has 18 heavy (non-hydrogen) atoms.